The van der Waals surface area contributed by atoms with E-state index in [1.807, 2.05) is 0 Å². The van der Waals surface area contributed by atoms with Gasteiger partial charge in [-0.2, -0.15) is 4.98 Å². The number of nitrogens with two attached hydrogens (primary N) is 1. The van der Waals surface area contributed by atoms with Crippen LogP contribution in [0.15, 0.2) is 41.1 Å². The van der Waals surface area contributed by atoms with Crippen LogP contribution in [0.4, 0.5) is 10.1 Å². The maximum Gasteiger partial charge on any atom is 0.258 e. The fourth-order valence-electron chi connectivity index (χ4n) is 1.63. The van der Waals surface area contributed by atoms with Crippen molar-refractivity contribution in [1.29, 1.82) is 0 Å². The Morgan fingerprint density at radius 3 is 2.75 bits per heavy atom. The second kappa shape index (κ2) is 4.90. The van der Waals surface area contributed by atoms with Gasteiger partial charge in [-0.25, -0.2) is 9.37 Å². The molecule has 100 valence electrons. The van der Waals surface area contributed by atoms with Crippen LogP contribution < -0.4 is 5.73 Å². The van der Waals surface area contributed by atoms with Crippen molar-refractivity contribution in [1.82, 2.24) is 15.1 Å². The molecule has 0 saturated carbocycles. The van der Waals surface area contributed by atoms with Crippen molar-refractivity contribution in [3.05, 3.63) is 47.4 Å². The van der Waals surface area contributed by atoms with Crippen molar-refractivity contribution in [2.45, 2.75) is 0 Å². The molecule has 0 amide bonds. The van der Waals surface area contributed by atoms with Gasteiger partial charge in [0, 0.05) is 5.56 Å². The van der Waals surface area contributed by atoms with Crippen molar-refractivity contribution >= 4 is 17.3 Å². The Hall–Kier alpha value is -2.47. The summed E-state index contributed by atoms with van der Waals surface area (Å²) in [6, 6.07) is 7.75. The molecule has 0 spiro atoms. The van der Waals surface area contributed by atoms with E-state index in [2.05, 4.69) is 15.1 Å². The van der Waals surface area contributed by atoms with Crippen LogP contribution in [0.3, 0.4) is 0 Å². The van der Waals surface area contributed by atoms with Gasteiger partial charge in [-0.15, -0.1) is 0 Å². The number of nitrogen functional groups attached to an aromatic ring is 1. The molecule has 2 N–H and O–H groups in total. The predicted octanol–water partition coefficient (Wildman–Crippen LogP) is 3.17. The van der Waals surface area contributed by atoms with Crippen LogP contribution in [0.1, 0.15) is 0 Å². The number of anilines is 1. The number of hydrogen-bond donors (Lipinski definition) is 1. The molecule has 1 aromatic carbocycles. The zero-order chi connectivity index (χ0) is 14.1. The van der Waals surface area contributed by atoms with E-state index in [4.69, 9.17) is 21.9 Å². The average Bonchev–Trinajstić information content (AvgIpc) is 2.92. The Labute approximate surface area is 118 Å². The van der Waals surface area contributed by atoms with Gasteiger partial charge >= 0.3 is 0 Å². The molecule has 0 fully saturated rings. The van der Waals surface area contributed by atoms with Crippen LogP contribution in [0.25, 0.3) is 23.0 Å². The van der Waals surface area contributed by atoms with Gasteiger partial charge < -0.3 is 10.3 Å². The van der Waals surface area contributed by atoms with Gasteiger partial charge in [0.05, 0.1) is 16.9 Å². The lowest BCUT2D eigenvalue weighted by Gasteiger charge is -1.98. The number of hydrogen-bond acceptors (Lipinski definition) is 5. The van der Waals surface area contributed by atoms with Gasteiger partial charge in [-0.1, -0.05) is 16.8 Å². The maximum absolute atomic E-state index is 12.8. The van der Waals surface area contributed by atoms with Gasteiger partial charge in [-0.05, 0) is 30.3 Å². The quantitative estimate of drug-likeness (QED) is 0.733. The molecule has 3 rings (SSSR count). The standard InChI is InChI=1S/C13H8ClFN4O/c14-9-3-1-7(5-10(9)16)13-18-12(19-20-13)11-4-2-8(15)6-17-11/h1-6H,16H2. The largest absolute Gasteiger partial charge is 0.398 e. The zero-order valence-corrected chi connectivity index (χ0v) is 10.8. The van der Waals surface area contributed by atoms with Crippen molar-refractivity contribution in [2.24, 2.45) is 0 Å². The zero-order valence-electron chi connectivity index (χ0n) is 10.0. The third-order valence-electron chi connectivity index (χ3n) is 2.63. The molecule has 3 aromatic rings. The maximum atomic E-state index is 12.8. The van der Waals surface area contributed by atoms with Gasteiger partial charge in [0.1, 0.15) is 11.5 Å². The summed E-state index contributed by atoms with van der Waals surface area (Å²) >= 11 is 5.85. The second-order valence-corrected chi connectivity index (χ2v) is 4.43. The summed E-state index contributed by atoms with van der Waals surface area (Å²) in [6.45, 7) is 0. The van der Waals surface area contributed by atoms with Crippen LogP contribution in [-0.2, 0) is 0 Å². The van der Waals surface area contributed by atoms with Gasteiger partial charge in [0.15, 0.2) is 0 Å². The van der Waals surface area contributed by atoms with Crippen molar-refractivity contribution in [2.75, 3.05) is 5.73 Å². The minimum absolute atomic E-state index is 0.272. The normalized spacial score (nSPS) is 10.7. The van der Waals surface area contributed by atoms with E-state index in [0.29, 0.717) is 22.0 Å². The number of aromatic nitrogens is 3. The van der Waals surface area contributed by atoms with Crippen LogP contribution in [0, 0.1) is 5.82 Å². The van der Waals surface area contributed by atoms with Gasteiger partial charge in [0.2, 0.25) is 5.82 Å². The third-order valence-corrected chi connectivity index (χ3v) is 2.97. The van der Waals surface area contributed by atoms with Crippen molar-refractivity contribution in [3.8, 4) is 23.0 Å². The smallest absolute Gasteiger partial charge is 0.258 e. The Morgan fingerprint density at radius 2 is 2.05 bits per heavy atom. The van der Waals surface area contributed by atoms with E-state index >= 15 is 0 Å². The molecule has 0 aliphatic carbocycles. The molecular formula is C13H8ClFN4O. The number of halogens is 2. The molecule has 7 heteroatoms. The molecule has 0 bridgehead atoms. The molecule has 0 aliphatic rings. The van der Waals surface area contributed by atoms with Crippen molar-refractivity contribution in [3.63, 3.8) is 0 Å². The first kappa shape index (κ1) is 12.6. The second-order valence-electron chi connectivity index (χ2n) is 4.02. The first-order chi connectivity index (χ1) is 9.63. The first-order valence-electron chi connectivity index (χ1n) is 5.64. The summed E-state index contributed by atoms with van der Waals surface area (Å²) in [6.07, 6.45) is 1.09. The summed E-state index contributed by atoms with van der Waals surface area (Å²) in [5, 5.41) is 4.25. The highest BCUT2D eigenvalue weighted by atomic mass is 35.5. The number of benzene rings is 1. The minimum atomic E-state index is -0.428. The van der Waals surface area contributed by atoms with E-state index in [9.17, 15) is 4.39 Å². The lowest BCUT2D eigenvalue weighted by atomic mass is 10.2. The molecule has 20 heavy (non-hydrogen) atoms. The lowest BCUT2D eigenvalue weighted by molar-refractivity contribution is 0.432. The summed E-state index contributed by atoms with van der Waals surface area (Å²) in [4.78, 5) is 8.07. The highest BCUT2D eigenvalue weighted by molar-refractivity contribution is 6.33. The molecular weight excluding hydrogens is 283 g/mol. The highest BCUT2D eigenvalue weighted by Crippen LogP contribution is 2.26. The summed E-state index contributed by atoms with van der Waals surface area (Å²) < 4.78 is 17.9. The molecule has 2 heterocycles. The summed E-state index contributed by atoms with van der Waals surface area (Å²) in [5.74, 6) is 0.131. The van der Waals surface area contributed by atoms with Crippen LogP contribution in [0.5, 0.6) is 0 Å². The predicted molar refractivity (Wildman–Crippen MR) is 72.3 cm³/mol. The fraction of sp³-hybridized carbons (Fsp3) is 0. The molecule has 0 atom stereocenters. The third kappa shape index (κ3) is 2.33. The lowest BCUT2D eigenvalue weighted by Crippen LogP contribution is -1.88. The Kier molecular flexibility index (Phi) is 3.08. The summed E-state index contributed by atoms with van der Waals surface area (Å²) in [5.41, 5.74) is 7.20. The van der Waals surface area contributed by atoms with E-state index in [0.717, 1.165) is 6.20 Å². The van der Waals surface area contributed by atoms with Crippen molar-refractivity contribution < 1.29 is 8.91 Å². The Morgan fingerprint density at radius 1 is 1.20 bits per heavy atom. The first-order valence-corrected chi connectivity index (χ1v) is 6.02. The topological polar surface area (TPSA) is 77.8 Å². The Balaban J connectivity index is 1.97. The molecule has 2 aromatic heterocycles. The van der Waals surface area contributed by atoms with E-state index in [1.54, 1.807) is 18.2 Å². The van der Waals surface area contributed by atoms with Gasteiger partial charge in [0.25, 0.3) is 5.89 Å². The number of pyridine rings is 1. The van der Waals surface area contributed by atoms with E-state index in [1.165, 1.54) is 12.1 Å². The van der Waals surface area contributed by atoms with E-state index in [-0.39, 0.29) is 11.7 Å². The minimum Gasteiger partial charge on any atom is -0.398 e. The average molecular weight is 291 g/mol. The Bertz CT molecular complexity index is 757. The molecule has 5 nitrogen and oxygen atoms in total. The van der Waals surface area contributed by atoms with Crippen LogP contribution >= 0.6 is 11.6 Å². The molecule has 0 unspecified atom stereocenters. The van der Waals surface area contributed by atoms with Crippen LogP contribution in [-0.4, -0.2) is 15.1 Å². The summed E-state index contributed by atoms with van der Waals surface area (Å²) in [7, 11) is 0. The fourth-order valence-corrected chi connectivity index (χ4v) is 1.75. The van der Waals surface area contributed by atoms with Crippen LogP contribution in [0.2, 0.25) is 5.02 Å². The number of rotatable bonds is 2. The number of nitrogens with zero attached hydrogens (tertiary/aromatic N) is 3. The van der Waals surface area contributed by atoms with Gasteiger partial charge in [-0.3, -0.25) is 0 Å². The molecule has 0 aliphatic heterocycles. The van der Waals surface area contributed by atoms with E-state index < -0.39 is 5.82 Å². The molecule has 0 radical (unpaired) electrons. The molecule has 0 saturated heterocycles. The highest BCUT2D eigenvalue weighted by Gasteiger charge is 2.12. The SMILES string of the molecule is Nc1cc(-c2nc(-c3ccc(F)cn3)no2)ccc1Cl. The monoisotopic (exact) mass is 290 g/mol.